The molecule has 3 heteroatoms. The van der Waals surface area contributed by atoms with E-state index >= 15 is 0 Å². The maximum atomic E-state index is 11.8. The summed E-state index contributed by atoms with van der Waals surface area (Å²) in [6, 6.07) is 0.308. The first-order valence-corrected chi connectivity index (χ1v) is 7.25. The lowest BCUT2D eigenvalue weighted by Crippen LogP contribution is -2.41. The minimum atomic E-state index is -0.0369. The van der Waals surface area contributed by atoms with Crippen molar-refractivity contribution in [3.8, 4) is 0 Å². The number of carbonyl (C=O) groups excluding carboxylic acids is 1. The topological polar surface area (TPSA) is 38.3 Å². The summed E-state index contributed by atoms with van der Waals surface area (Å²) in [6.45, 7) is 7.74. The van der Waals surface area contributed by atoms with Crippen LogP contribution in [0.4, 0.5) is 0 Å². The standard InChI is InChI=1S/C15H29NO2/c1-15(2,3)10-11-16-13-9-7-5-6-8-12(13)14(17)18-4/h12-13,16H,5-11H2,1-4H3. The van der Waals surface area contributed by atoms with Gasteiger partial charge < -0.3 is 10.1 Å². The van der Waals surface area contributed by atoms with Gasteiger partial charge in [-0.3, -0.25) is 4.79 Å². The van der Waals surface area contributed by atoms with Crippen LogP contribution in [-0.4, -0.2) is 25.7 Å². The van der Waals surface area contributed by atoms with Crippen molar-refractivity contribution in [1.82, 2.24) is 5.32 Å². The summed E-state index contributed by atoms with van der Waals surface area (Å²) in [6.07, 6.45) is 6.82. The van der Waals surface area contributed by atoms with Crippen molar-refractivity contribution in [2.45, 2.75) is 65.3 Å². The van der Waals surface area contributed by atoms with E-state index in [0.717, 1.165) is 32.2 Å². The molecule has 1 rings (SSSR count). The number of hydrogen-bond acceptors (Lipinski definition) is 3. The Morgan fingerprint density at radius 3 is 2.50 bits per heavy atom. The smallest absolute Gasteiger partial charge is 0.310 e. The van der Waals surface area contributed by atoms with Crippen molar-refractivity contribution in [3.05, 3.63) is 0 Å². The van der Waals surface area contributed by atoms with E-state index in [2.05, 4.69) is 26.1 Å². The van der Waals surface area contributed by atoms with Crippen LogP contribution < -0.4 is 5.32 Å². The molecule has 3 nitrogen and oxygen atoms in total. The zero-order chi connectivity index (χ0) is 13.6. The monoisotopic (exact) mass is 255 g/mol. The van der Waals surface area contributed by atoms with E-state index in [-0.39, 0.29) is 11.9 Å². The van der Waals surface area contributed by atoms with E-state index in [0.29, 0.717) is 11.5 Å². The van der Waals surface area contributed by atoms with Gasteiger partial charge in [-0.2, -0.15) is 0 Å². The van der Waals surface area contributed by atoms with Gasteiger partial charge in [0, 0.05) is 6.04 Å². The van der Waals surface area contributed by atoms with E-state index in [1.54, 1.807) is 0 Å². The van der Waals surface area contributed by atoms with Crippen LogP contribution in [-0.2, 0) is 9.53 Å². The molecule has 0 heterocycles. The van der Waals surface area contributed by atoms with Crippen molar-refractivity contribution < 1.29 is 9.53 Å². The maximum absolute atomic E-state index is 11.8. The van der Waals surface area contributed by atoms with Gasteiger partial charge in [0.25, 0.3) is 0 Å². The molecule has 2 unspecified atom stereocenters. The minimum Gasteiger partial charge on any atom is -0.469 e. The second-order valence-electron chi connectivity index (χ2n) is 6.64. The summed E-state index contributed by atoms with van der Waals surface area (Å²) < 4.78 is 4.94. The van der Waals surface area contributed by atoms with Gasteiger partial charge in [0.05, 0.1) is 13.0 Å². The minimum absolute atomic E-state index is 0.0369. The summed E-state index contributed by atoms with van der Waals surface area (Å²) in [5.41, 5.74) is 0.346. The molecule has 0 amide bonds. The predicted octanol–water partition coefficient (Wildman–Crippen LogP) is 3.13. The average molecular weight is 255 g/mol. The number of esters is 1. The molecule has 18 heavy (non-hydrogen) atoms. The lowest BCUT2D eigenvalue weighted by atomic mass is 9.91. The molecule has 1 N–H and O–H groups in total. The Labute approximate surface area is 112 Å². The van der Waals surface area contributed by atoms with Gasteiger partial charge in [-0.15, -0.1) is 0 Å². The van der Waals surface area contributed by atoms with E-state index in [1.807, 2.05) is 0 Å². The fourth-order valence-electron chi connectivity index (χ4n) is 2.62. The first-order valence-electron chi connectivity index (χ1n) is 7.25. The number of rotatable bonds is 4. The first-order chi connectivity index (χ1) is 8.44. The molecule has 0 aromatic carbocycles. The molecule has 1 saturated carbocycles. The second-order valence-corrected chi connectivity index (χ2v) is 6.64. The second kappa shape index (κ2) is 7.13. The Bertz CT molecular complexity index is 258. The molecule has 0 aliphatic heterocycles. The van der Waals surface area contributed by atoms with Gasteiger partial charge in [-0.25, -0.2) is 0 Å². The normalized spacial score (nSPS) is 25.6. The summed E-state index contributed by atoms with van der Waals surface area (Å²) in [4.78, 5) is 11.8. The zero-order valence-corrected chi connectivity index (χ0v) is 12.4. The van der Waals surface area contributed by atoms with Crippen molar-refractivity contribution in [3.63, 3.8) is 0 Å². The van der Waals surface area contributed by atoms with Crippen molar-refractivity contribution in [2.75, 3.05) is 13.7 Å². The molecule has 0 aromatic heterocycles. The third kappa shape index (κ3) is 5.38. The lowest BCUT2D eigenvalue weighted by Gasteiger charge is -2.26. The summed E-state index contributed by atoms with van der Waals surface area (Å²) in [5.74, 6) is 0.0163. The highest BCUT2D eigenvalue weighted by Gasteiger charge is 2.30. The van der Waals surface area contributed by atoms with Crippen molar-refractivity contribution in [1.29, 1.82) is 0 Å². The Morgan fingerprint density at radius 1 is 1.22 bits per heavy atom. The largest absolute Gasteiger partial charge is 0.469 e. The number of carbonyl (C=O) groups is 1. The third-order valence-electron chi connectivity index (χ3n) is 3.80. The highest BCUT2D eigenvalue weighted by molar-refractivity contribution is 5.73. The molecule has 1 fully saturated rings. The van der Waals surface area contributed by atoms with Crippen LogP contribution in [0.3, 0.4) is 0 Å². The molecule has 0 saturated heterocycles. The summed E-state index contributed by atoms with van der Waals surface area (Å²) >= 11 is 0. The van der Waals surface area contributed by atoms with Gasteiger partial charge in [0.15, 0.2) is 0 Å². The molecular formula is C15H29NO2. The molecule has 0 spiro atoms. The first kappa shape index (κ1) is 15.5. The van der Waals surface area contributed by atoms with Crippen molar-refractivity contribution >= 4 is 5.97 Å². The van der Waals surface area contributed by atoms with Crippen LogP contribution in [0, 0.1) is 11.3 Å². The van der Waals surface area contributed by atoms with E-state index in [9.17, 15) is 4.79 Å². The number of nitrogens with one attached hydrogen (secondary N) is 1. The molecule has 0 radical (unpaired) electrons. The molecule has 0 bridgehead atoms. The van der Waals surface area contributed by atoms with Crippen LogP contribution >= 0.6 is 0 Å². The van der Waals surface area contributed by atoms with Crippen LogP contribution in [0.5, 0.6) is 0 Å². The third-order valence-corrected chi connectivity index (χ3v) is 3.80. The Balaban J connectivity index is 2.49. The highest BCUT2D eigenvalue weighted by Crippen LogP contribution is 2.25. The number of hydrogen-bond donors (Lipinski definition) is 1. The fraction of sp³-hybridized carbons (Fsp3) is 0.933. The Hall–Kier alpha value is -0.570. The number of methoxy groups -OCH3 is 1. The van der Waals surface area contributed by atoms with Crippen molar-refractivity contribution in [2.24, 2.45) is 11.3 Å². The average Bonchev–Trinajstić information content (AvgIpc) is 2.52. The van der Waals surface area contributed by atoms with Crippen LogP contribution in [0.25, 0.3) is 0 Å². The Kier molecular flexibility index (Phi) is 6.13. The van der Waals surface area contributed by atoms with Crippen LogP contribution in [0.15, 0.2) is 0 Å². The molecular weight excluding hydrogens is 226 g/mol. The number of ether oxygens (including phenoxy) is 1. The summed E-state index contributed by atoms with van der Waals surface area (Å²) in [5, 5.41) is 3.58. The van der Waals surface area contributed by atoms with Gasteiger partial charge >= 0.3 is 5.97 Å². The predicted molar refractivity (Wildman–Crippen MR) is 74.5 cm³/mol. The molecule has 106 valence electrons. The van der Waals surface area contributed by atoms with Gasteiger partial charge in [-0.1, -0.05) is 40.0 Å². The maximum Gasteiger partial charge on any atom is 0.310 e. The van der Waals surface area contributed by atoms with Gasteiger partial charge in [-0.05, 0) is 31.2 Å². The molecule has 1 aliphatic rings. The molecule has 1 aliphatic carbocycles. The highest BCUT2D eigenvalue weighted by atomic mass is 16.5. The zero-order valence-electron chi connectivity index (χ0n) is 12.4. The quantitative estimate of drug-likeness (QED) is 0.619. The Morgan fingerprint density at radius 2 is 1.89 bits per heavy atom. The van der Waals surface area contributed by atoms with Crippen LogP contribution in [0.2, 0.25) is 0 Å². The fourth-order valence-corrected chi connectivity index (χ4v) is 2.62. The van der Waals surface area contributed by atoms with Gasteiger partial charge in [0.2, 0.25) is 0 Å². The molecule has 2 atom stereocenters. The SMILES string of the molecule is COC(=O)C1CCCCCC1NCCC(C)(C)C. The molecule has 0 aromatic rings. The summed E-state index contributed by atoms with van der Waals surface area (Å²) in [7, 11) is 1.50. The van der Waals surface area contributed by atoms with Gasteiger partial charge in [0.1, 0.15) is 0 Å². The van der Waals surface area contributed by atoms with E-state index < -0.39 is 0 Å². The van der Waals surface area contributed by atoms with E-state index in [1.165, 1.54) is 20.0 Å². The lowest BCUT2D eigenvalue weighted by molar-refractivity contribution is -0.146. The van der Waals surface area contributed by atoms with E-state index in [4.69, 9.17) is 4.74 Å². The van der Waals surface area contributed by atoms with Crippen LogP contribution in [0.1, 0.15) is 59.3 Å².